The van der Waals surface area contributed by atoms with Gasteiger partial charge in [0.1, 0.15) is 0 Å². The molecule has 110 valence electrons. The average Bonchev–Trinajstić information content (AvgIpc) is 2.46. The van der Waals surface area contributed by atoms with Crippen molar-refractivity contribution in [2.45, 2.75) is 4.90 Å². The minimum Gasteiger partial charge on any atom is -0.478 e. The number of ether oxygens (including phenoxy) is 1. The molecule has 0 radical (unpaired) electrons. The predicted molar refractivity (Wildman–Crippen MR) is 79.1 cm³/mol. The van der Waals surface area contributed by atoms with E-state index in [4.69, 9.17) is 9.84 Å². The number of aromatic carboxylic acids is 1. The molecule has 1 aliphatic rings. The number of carbonyl (C=O) groups is 1. The Balaban J connectivity index is 1.79. The van der Waals surface area contributed by atoms with Crippen LogP contribution in [0.25, 0.3) is 0 Å². The standard InChI is InChI=1S/C14H20N2O3S/c1-15(5-6-16-7-9-19-10-8-16)20-13-4-2-3-12(11-13)14(17)18/h2-4,11H,5-10H2,1H3,(H,17,18). The third kappa shape index (κ3) is 4.79. The Morgan fingerprint density at radius 2 is 2.20 bits per heavy atom. The number of hydrogen-bond donors (Lipinski definition) is 1. The van der Waals surface area contributed by atoms with Crippen molar-refractivity contribution in [1.29, 1.82) is 0 Å². The van der Waals surface area contributed by atoms with Gasteiger partial charge in [-0.05, 0) is 37.2 Å². The van der Waals surface area contributed by atoms with Gasteiger partial charge in [-0.15, -0.1) is 0 Å². The van der Waals surface area contributed by atoms with Gasteiger partial charge in [-0.2, -0.15) is 0 Å². The lowest BCUT2D eigenvalue weighted by molar-refractivity contribution is 0.0370. The lowest BCUT2D eigenvalue weighted by Gasteiger charge is -2.28. The zero-order valence-electron chi connectivity index (χ0n) is 11.6. The molecule has 2 rings (SSSR count). The first-order valence-electron chi connectivity index (χ1n) is 6.68. The lowest BCUT2D eigenvalue weighted by Crippen LogP contribution is -2.39. The molecule has 0 unspecified atom stereocenters. The molecule has 1 heterocycles. The van der Waals surface area contributed by atoms with Crippen LogP contribution in [0.5, 0.6) is 0 Å². The normalized spacial score (nSPS) is 16.5. The fourth-order valence-corrected chi connectivity index (χ4v) is 2.87. The predicted octanol–water partition coefficient (Wildman–Crippen LogP) is 1.66. The van der Waals surface area contributed by atoms with E-state index >= 15 is 0 Å². The van der Waals surface area contributed by atoms with Crippen molar-refractivity contribution >= 4 is 17.9 Å². The summed E-state index contributed by atoms with van der Waals surface area (Å²) in [6.45, 7) is 5.56. The van der Waals surface area contributed by atoms with Crippen molar-refractivity contribution in [1.82, 2.24) is 9.21 Å². The Kier molecular flexibility index (Phi) is 5.85. The highest BCUT2D eigenvalue weighted by Crippen LogP contribution is 2.22. The number of carboxylic acids is 1. The van der Waals surface area contributed by atoms with Crippen LogP contribution in [0.3, 0.4) is 0 Å². The fraction of sp³-hybridized carbons (Fsp3) is 0.500. The largest absolute Gasteiger partial charge is 0.478 e. The highest BCUT2D eigenvalue weighted by atomic mass is 32.2. The molecule has 1 saturated heterocycles. The molecule has 20 heavy (non-hydrogen) atoms. The van der Waals surface area contributed by atoms with Crippen LogP contribution in [0.4, 0.5) is 0 Å². The number of rotatable bonds is 6. The van der Waals surface area contributed by atoms with E-state index in [1.807, 2.05) is 13.1 Å². The summed E-state index contributed by atoms with van der Waals surface area (Å²) >= 11 is 1.58. The van der Waals surface area contributed by atoms with Gasteiger partial charge in [0.25, 0.3) is 0 Å². The van der Waals surface area contributed by atoms with Crippen LogP contribution >= 0.6 is 11.9 Å². The van der Waals surface area contributed by atoms with E-state index in [1.54, 1.807) is 30.1 Å². The van der Waals surface area contributed by atoms with Gasteiger partial charge in [0.15, 0.2) is 0 Å². The molecular weight excluding hydrogens is 276 g/mol. The Bertz CT molecular complexity index is 450. The van der Waals surface area contributed by atoms with Crippen LogP contribution in [0, 0.1) is 0 Å². The maximum absolute atomic E-state index is 10.9. The summed E-state index contributed by atoms with van der Waals surface area (Å²) in [5.41, 5.74) is 0.330. The van der Waals surface area contributed by atoms with Gasteiger partial charge in [0.05, 0.1) is 18.8 Å². The number of nitrogens with zero attached hydrogens (tertiary/aromatic N) is 2. The maximum Gasteiger partial charge on any atom is 0.335 e. The molecule has 1 N–H and O–H groups in total. The van der Waals surface area contributed by atoms with E-state index in [0.717, 1.165) is 44.3 Å². The molecule has 5 nitrogen and oxygen atoms in total. The van der Waals surface area contributed by atoms with Crippen LogP contribution in [0.2, 0.25) is 0 Å². The minimum atomic E-state index is -0.886. The van der Waals surface area contributed by atoms with Crippen molar-refractivity contribution in [2.75, 3.05) is 46.4 Å². The number of benzene rings is 1. The highest BCUT2D eigenvalue weighted by molar-refractivity contribution is 7.97. The molecule has 0 saturated carbocycles. The first-order chi connectivity index (χ1) is 9.65. The molecule has 0 aromatic heterocycles. The number of morpholine rings is 1. The van der Waals surface area contributed by atoms with Crippen LogP contribution in [0.15, 0.2) is 29.2 Å². The SMILES string of the molecule is CN(CCN1CCOCC1)Sc1cccc(C(=O)O)c1. The average molecular weight is 296 g/mol. The summed E-state index contributed by atoms with van der Waals surface area (Å²) in [5.74, 6) is -0.886. The van der Waals surface area contributed by atoms with Gasteiger partial charge in [0.2, 0.25) is 0 Å². The van der Waals surface area contributed by atoms with E-state index in [2.05, 4.69) is 9.21 Å². The summed E-state index contributed by atoms with van der Waals surface area (Å²) in [6.07, 6.45) is 0. The van der Waals surface area contributed by atoms with Crippen LogP contribution in [-0.4, -0.2) is 66.7 Å². The summed E-state index contributed by atoms with van der Waals surface area (Å²) in [6, 6.07) is 7.03. The molecule has 6 heteroatoms. The Morgan fingerprint density at radius 3 is 2.90 bits per heavy atom. The van der Waals surface area contributed by atoms with E-state index in [1.165, 1.54) is 0 Å². The van der Waals surface area contributed by atoms with Crippen molar-refractivity contribution in [3.63, 3.8) is 0 Å². The number of likely N-dealkylation sites (N-methyl/N-ethyl adjacent to an activating group) is 1. The van der Waals surface area contributed by atoms with E-state index in [9.17, 15) is 4.79 Å². The van der Waals surface area contributed by atoms with Crippen LogP contribution in [0.1, 0.15) is 10.4 Å². The smallest absolute Gasteiger partial charge is 0.335 e. The minimum absolute atomic E-state index is 0.330. The van der Waals surface area contributed by atoms with Gasteiger partial charge < -0.3 is 9.84 Å². The van der Waals surface area contributed by atoms with Gasteiger partial charge in [-0.1, -0.05) is 6.07 Å². The molecule has 1 fully saturated rings. The van der Waals surface area contributed by atoms with E-state index in [-0.39, 0.29) is 0 Å². The zero-order chi connectivity index (χ0) is 14.4. The topological polar surface area (TPSA) is 53.0 Å². The first kappa shape index (κ1) is 15.3. The van der Waals surface area contributed by atoms with Crippen molar-refractivity contribution in [2.24, 2.45) is 0 Å². The quantitative estimate of drug-likeness (QED) is 0.806. The van der Waals surface area contributed by atoms with Gasteiger partial charge in [-0.25, -0.2) is 9.10 Å². The molecule has 0 atom stereocenters. The number of carboxylic acid groups (broad SMARTS) is 1. The second-order valence-electron chi connectivity index (χ2n) is 4.73. The monoisotopic (exact) mass is 296 g/mol. The molecule has 1 aliphatic heterocycles. The maximum atomic E-state index is 10.9. The Labute approximate surface area is 123 Å². The molecule has 0 spiro atoms. The van der Waals surface area contributed by atoms with Crippen LogP contribution in [-0.2, 0) is 4.74 Å². The second-order valence-corrected chi connectivity index (χ2v) is 6.01. The van der Waals surface area contributed by atoms with E-state index in [0.29, 0.717) is 5.56 Å². The van der Waals surface area contributed by atoms with Crippen molar-refractivity contribution < 1.29 is 14.6 Å². The lowest BCUT2D eigenvalue weighted by atomic mass is 10.2. The number of hydrogen-bond acceptors (Lipinski definition) is 5. The van der Waals surface area contributed by atoms with Gasteiger partial charge in [0, 0.05) is 31.1 Å². The van der Waals surface area contributed by atoms with Crippen molar-refractivity contribution in [3.05, 3.63) is 29.8 Å². The van der Waals surface area contributed by atoms with Crippen molar-refractivity contribution in [3.8, 4) is 0 Å². The van der Waals surface area contributed by atoms with Crippen LogP contribution < -0.4 is 0 Å². The summed E-state index contributed by atoms with van der Waals surface area (Å²) in [5, 5.41) is 8.98. The fourth-order valence-electron chi connectivity index (χ4n) is 2.02. The summed E-state index contributed by atoms with van der Waals surface area (Å²) < 4.78 is 7.46. The second kappa shape index (κ2) is 7.64. The molecule has 1 aromatic rings. The third-order valence-corrected chi connectivity index (χ3v) is 4.14. The molecule has 0 bridgehead atoms. The Hall–Kier alpha value is -1.08. The molecule has 0 aliphatic carbocycles. The molecule has 0 amide bonds. The van der Waals surface area contributed by atoms with Gasteiger partial charge >= 0.3 is 5.97 Å². The molecule has 1 aromatic carbocycles. The summed E-state index contributed by atoms with van der Waals surface area (Å²) in [4.78, 5) is 14.3. The Morgan fingerprint density at radius 1 is 1.45 bits per heavy atom. The van der Waals surface area contributed by atoms with Gasteiger partial charge in [-0.3, -0.25) is 4.90 Å². The zero-order valence-corrected chi connectivity index (χ0v) is 12.4. The first-order valence-corrected chi connectivity index (χ1v) is 7.45. The summed E-state index contributed by atoms with van der Waals surface area (Å²) in [7, 11) is 2.03. The molecular formula is C14H20N2O3S. The third-order valence-electron chi connectivity index (χ3n) is 3.18. The highest BCUT2D eigenvalue weighted by Gasteiger charge is 2.11. The van der Waals surface area contributed by atoms with E-state index < -0.39 is 5.97 Å².